The van der Waals surface area contributed by atoms with E-state index in [0.717, 1.165) is 47.9 Å². The fraction of sp³-hybridized carbons (Fsp3) is 0.375. The van der Waals surface area contributed by atoms with Gasteiger partial charge >= 0.3 is 0 Å². The average Bonchev–Trinajstić information content (AvgIpc) is 3.21. The van der Waals surface area contributed by atoms with Gasteiger partial charge in [0, 0.05) is 12.1 Å². The number of benzene rings is 2. The van der Waals surface area contributed by atoms with Crippen molar-refractivity contribution in [3.8, 4) is 0 Å². The van der Waals surface area contributed by atoms with Crippen LogP contribution in [0.5, 0.6) is 0 Å². The lowest BCUT2D eigenvalue weighted by molar-refractivity contribution is -0.116. The fourth-order valence-corrected chi connectivity index (χ4v) is 4.83. The van der Waals surface area contributed by atoms with Gasteiger partial charge in [-0.05, 0) is 48.1 Å². The van der Waals surface area contributed by atoms with E-state index in [2.05, 4.69) is 78.1 Å². The number of anilines is 1. The van der Waals surface area contributed by atoms with E-state index >= 15 is 0 Å². The SMILES string of the molecule is CCCc1nnc2n1N[C@@H](c1ccc(CC)cc1)[C@H](C(=O)Nc1ccc(CC)cc1)S2. The molecule has 2 heterocycles. The number of carbonyl (C=O) groups is 1. The predicted octanol–water partition coefficient (Wildman–Crippen LogP) is 4.75. The summed E-state index contributed by atoms with van der Waals surface area (Å²) in [5.74, 6) is 0.854. The van der Waals surface area contributed by atoms with E-state index < -0.39 is 0 Å². The predicted molar refractivity (Wildman–Crippen MR) is 126 cm³/mol. The van der Waals surface area contributed by atoms with E-state index in [0.29, 0.717) is 0 Å². The molecule has 0 unspecified atom stereocenters. The Morgan fingerprint density at radius 1 is 1.00 bits per heavy atom. The highest BCUT2D eigenvalue weighted by Gasteiger charge is 2.37. The maximum absolute atomic E-state index is 13.3. The van der Waals surface area contributed by atoms with Crippen molar-refractivity contribution in [3.63, 3.8) is 0 Å². The molecule has 6 nitrogen and oxygen atoms in total. The minimum absolute atomic E-state index is 0.0439. The smallest absolute Gasteiger partial charge is 0.240 e. The zero-order valence-corrected chi connectivity index (χ0v) is 19.1. The number of nitrogens with zero attached hydrogens (tertiary/aromatic N) is 3. The summed E-state index contributed by atoms with van der Waals surface area (Å²) in [7, 11) is 0. The van der Waals surface area contributed by atoms with Crippen molar-refractivity contribution in [3.05, 3.63) is 71.0 Å². The summed E-state index contributed by atoms with van der Waals surface area (Å²) < 4.78 is 1.95. The summed E-state index contributed by atoms with van der Waals surface area (Å²) >= 11 is 1.47. The number of amides is 1. The van der Waals surface area contributed by atoms with Gasteiger partial charge in [-0.3, -0.25) is 4.79 Å². The van der Waals surface area contributed by atoms with E-state index in [9.17, 15) is 4.79 Å². The number of thioether (sulfide) groups is 1. The van der Waals surface area contributed by atoms with Crippen LogP contribution in [0.1, 0.15) is 55.7 Å². The van der Waals surface area contributed by atoms with Crippen LogP contribution in [0.2, 0.25) is 0 Å². The summed E-state index contributed by atoms with van der Waals surface area (Å²) in [4.78, 5) is 13.3. The van der Waals surface area contributed by atoms with E-state index in [1.807, 2.05) is 16.8 Å². The van der Waals surface area contributed by atoms with Crippen molar-refractivity contribution in [1.82, 2.24) is 14.9 Å². The molecule has 0 bridgehead atoms. The normalized spacial score (nSPS) is 17.6. The van der Waals surface area contributed by atoms with E-state index in [4.69, 9.17) is 0 Å². The van der Waals surface area contributed by atoms with Crippen LogP contribution in [0.3, 0.4) is 0 Å². The molecule has 2 N–H and O–H groups in total. The number of hydrogen-bond donors (Lipinski definition) is 2. The molecule has 2 aromatic carbocycles. The van der Waals surface area contributed by atoms with Crippen LogP contribution >= 0.6 is 11.8 Å². The topological polar surface area (TPSA) is 71.8 Å². The van der Waals surface area contributed by atoms with E-state index in [1.54, 1.807) is 0 Å². The molecule has 1 aliphatic heterocycles. The number of carbonyl (C=O) groups excluding carboxylic acids is 1. The number of nitrogens with one attached hydrogen (secondary N) is 2. The molecule has 0 saturated carbocycles. The lowest BCUT2D eigenvalue weighted by atomic mass is 10.0. The lowest BCUT2D eigenvalue weighted by Gasteiger charge is -2.33. The minimum Gasteiger partial charge on any atom is -0.325 e. The molecule has 3 aromatic rings. The molecule has 2 atom stereocenters. The Bertz CT molecular complexity index is 1030. The Morgan fingerprint density at radius 2 is 1.65 bits per heavy atom. The second-order valence-corrected chi connectivity index (χ2v) is 8.87. The molecule has 1 aliphatic rings. The molecule has 0 radical (unpaired) electrons. The van der Waals surface area contributed by atoms with Gasteiger partial charge in [0.15, 0.2) is 5.82 Å². The molecule has 1 amide bonds. The van der Waals surface area contributed by atoms with Crippen LogP contribution in [0.15, 0.2) is 53.7 Å². The first-order valence-corrected chi connectivity index (χ1v) is 11.9. The monoisotopic (exact) mass is 435 g/mol. The van der Waals surface area contributed by atoms with Gasteiger partial charge in [-0.2, -0.15) is 0 Å². The van der Waals surface area contributed by atoms with Crippen molar-refractivity contribution in [1.29, 1.82) is 0 Å². The Hall–Kier alpha value is -2.80. The van der Waals surface area contributed by atoms with Crippen molar-refractivity contribution < 1.29 is 4.79 Å². The van der Waals surface area contributed by atoms with Gasteiger partial charge in [0.05, 0.1) is 6.04 Å². The van der Waals surface area contributed by atoms with Crippen molar-refractivity contribution in [2.45, 2.75) is 62.9 Å². The van der Waals surface area contributed by atoms with Gasteiger partial charge in [0.25, 0.3) is 0 Å². The summed E-state index contributed by atoms with van der Waals surface area (Å²) in [6.45, 7) is 6.39. The van der Waals surface area contributed by atoms with Crippen LogP contribution in [-0.2, 0) is 24.1 Å². The van der Waals surface area contributed by atoms with Gasteiger partial charge in [0.2, 0.25) is 11.1 Å². The molecule has 4 rings (SSSR count). The molecule has 1 aromatic heterocycles. The zero-order valence-electron chi connectivity index (χ0n) is 18.3. The molecule has 7 heteroatoms. The van der Waals surface area contributed by atoms with Gasteiger partial charge in [-0.1, -0.05) is 68.9 Å². The molecule has 0 spiro atoms. The van der Waals surface area contributed by atoms with Crippen LogP contribution in [0.4, 0.5) is 5.69 Å². The third kappa shape index (κ3) is 4.61. The molecule has 0 aliphatic carbocycles. The highest BCUT2D eigenvalue weighted by molar-refractivity contribution is 8.00. The number of fused-ring (bicyclic) bond motifs is 1. The number of hydrogen-bond acceptors (Lipinski definition) is 5. The van der Waals surface area contributed by atoms with Crippen molar-refractivity contribution >= 4 is 23.4 Å². The van der Waals surface area contributed by atoms with Crippen molar-refractivity contribution in [2.24, 2.45) is 0 Å². The van der Waals surface area contributed by atoms with Gasteiger partial charge in [-0.25, -0.2) is 4.68 Å². The fourth-order valence-electron chi connectivity index (χ4n) is 3.73. The van der Waals surface area contributed by atoms with Gasteiger partial charge in [0.1, 0.15) is 5.25 Å². The van der Waals surface area contributed by atoms with E-state index in [1.165, 1.54) is 22.9 Å². The quantitative estimate of drug-likeness (QED) is 0.560. The third-order valence-electron chi connectivity index (χ3n) is 5.61. The first-order valence-electron chi connectivity index (χ1n) is 11.0. The first kappa shape index (κ1) is 21.4. The van der Waals surface area contributed by atoms with Crippen molar-refractivity contribution in [2.75, 3.05) is 10.7 Å². The second kappa shape index (κ2) is 9.56. The van der Waals surface area contributed by atoms with Crippen LogP contribution in [0.25, 0.3) is 0 Å². The Balaban J connectivity index is 1.63. The first-order chi connectivity index (χ1) is 15.1. The maximum Gasteiger partial charge on any atom is 0.240 e. The summed E-state index contributed by atoms with van der Waals surface area (Å²) in [6, 6.07) is 16.3. The average molecular weight is 436 g/mol. The van der Waals surface area contributed by atoms with Crippen LogP contribution in [-0.4, -0.2) is 26.0 Å². The zero-order chi connectivity index (χ0) is 21.8. The highest BCUT2D eigenvalue weighted by atomic mass is 32.2. The van der Waals surface area contributed by atoms with Gasteiger partial charge in [-0.15, -0.1) is 10.2 Å². The molecular formula is C24H29N5OS. The maximum atomic E-state index is 13.3. The number of rotatable bonds is 7. The summed E-state index contributed by atoms with van der Waals surface area (Å²) in [6.07, 6.45) is 3.78. The van der Waals surface area contributed by atoms with Crippen LogP contribution in [0, 0.1) is 0 Å². The standard InChI is InChI=1S/C24H29N5OS/c1-4-7-20-26-27-24-29(20)28-21(18-12-8-16(5-2)9-13-18)22(31-24)23(30)25-19-14-10-17(6-3)11-15-19/h8-15,21-22,28H,4-7H2,1-3H3,(H,25,30)/t21-,22+/m0/s1. The summed E-state index contributed by atoms with van der Waals surface area (Å²) in [5.41, 5.74) is 7.94. The summed E-state index contributed by atoms with van der Waals surface area (Å²) in [5, 5.41) is 12.1. The van der Waals surface area contributed by atoms with Gasteiger partial charge < -0.3 is 10.7 Å². The Kier molecular flexibility index (Phi) is 6.61. The molecular weight excluding hydrogens is 406 g/mol. The molecule has 162 valence electrons. The molecule has 0 saturated heterocycles. The van der Waals surface area contributed by atoms with Crippen LogP contribution < -0.4 is 10.7 Å². The largest absolute Gasteiger partial charge is 0.325 e. The highest BCUT2D eigenvalue weighted by Crippen LogP contribution is 2.37. The Labute approximate surface area is 187 Å². The number of aryl methyl sites for hydroxylation is 3. The third-order valence-corrected chi connectivity index (χ3v) is 6.83. The Morgan fingerprint density at radius 3 is 2.26 bits per heavy atom. The molecule has 0 fully saturated rings. The minimum atomic E-state index is -0.371. The number of aromatic nitrogens is 3. The van der Waals surface area contributed by atoms with E-state index in [-0.39, 0.29) is 17.2 Å². The second-order valence-electron chi connectivity index (χ2n) is 7.76. The molecule has 31 heavy (non-hydrogen) atoms. The lowest BCUT2D eigenvalue weighted by Crippen LogP contribution is -2.41.